The smallest absolute Gasteiger partial charge is 0.263 e. The standard InChI is InChI=1S/C11H19N3O2/c1-11(2,3)9-13-10(14-16-9)12-7-5-4-6-8(7)15/h7-8,15H,4-6H2,1-3H3,(H,12,14). The molecule has 2 rings (SSSR count). The van der Waals surface area contributed by atoms with Gasteiger partial charge in [0.25, 0.3) is 5.95 Å². The first kappa shape index (κ1) is 11.4. The Hall–Kier alpha value is -1.10. The predicted molar refractivity (Wildman–Crippen MR) is 60.3 cm³/mol. The number of aliphatic hydroxyl groups excluding tert-OH is 1. The minimum Gasteiger partial charge on any atom is -0.391 e. The molecule has 5 nitrogen and oxygen atoms in total. The fourth-order valence-electron chi connectivity index (χ4n) is 1.86. The van der Waals surface area contributed by atoms with E-state index in [2.05, 4.69) is 15.5 Å². The number of nitrogens with zero attached hydrogens (tertiary/aromatic N) is 2. The van der Waals surface area contributed by atoms with Crippen LogP contribution in [0, 0.1) is 0 Å². The van der Waals surface area contributed by atoms with Crippen molar-refractivity contribution in [1.29, 1.82) is 0 Å². The Morgan fingerprint density at radius 2 is 2.12 bits per heavy atom. The van der Waals surface area contributed by atoms with Crippen LogP contribution in [-0.2, 0) is 5.41 Å². The lowest BCUT2D eigenvalue weighted by atomic mass is 9.97. The largest absolute Gasteiger partial charge is 0.391 e. The number of aliphatic hydroxyl groups is 1. The van der Waals surface area contributed by atoms with Gasteiger partial charge in [-0.1, -0.05) is 20.8 Å². The summed E-state index contributed by atoms with van der Waals surface area (Å²) in [5, 5.41) is 16.7. The highest BCUT2D eigenvalue weighted by molar-refractivity contribution is 5.26. The maximum Gasteiger partial charge on any atom is 0.263 e. The molecule has 16 heavy (non-hydrogen) atoms. The molecule has 0 saturated heterocycles. The van der Waals surface area contributed by atoms with Gasteiger partial charge in [-0.25, -0.2) is 0 Å². The van der Waals surface area contributed by atoms with Crippen molar-refractivity contribution >= 4 is 5.95 Å². The lowest BCUT2D eigenvalue weighted by molar-refractivity contribution is 0.171. The molecule has 1 aliphatic rings. The Kier molecular flexibility index (Phi) is 2.88. The molecule has 1 aliphatic carbocycles. The van der Waals surface area contributed by atoms with Crippen molar-refractivity contribution in [2.75, 3.05) is 5.32 Å². The van der Waals surface area contributed by atoms with Gasteiger partial charge in [0.15, 0.2) is 0 Å². The van der Waals surface area contributed by atoms with E-state index in [9.17, 15) is 5.11 Å². The topological polar surface area (TPSA) is 71.2 Å². The third kappa shape index (κ3) is 2.35. The van der Waals surface area contributed by atoms with E-state index < -0.39 is 0 Å². The normalized spacial score (nSPS) is 26.0. The van der Waals surface area contributed by atoms with E-state index in [0.29, 0.717) is 11.8 Å². The summed E-state index contributed by atoms with van der Waals surface area (Å²) in [5.74, 6) is 1.10. The van der Waals surface area contributed by atoms with E-state index in [0.717, 1.165) is 19.3 Å². The number of aromatic nitrogens is 2. The first-order valence-corrected chi connectivity index (χ1v) is 5.75. The molecular formula is C11H19N3O2. The van der Waals surface area contributed by atoms with E-state index in [1.54, 1.807) is 0 Å². The van der Waals surface area contributed by atoms with Gasteiger partial charge in [0, 0.05) is 5.41 Å². The van der Waals surface area contributed by atoms with Crippen LogP contribution >= 0.6 is 0 Å². The Balaban J connectivity index is 2.03. The van der Waals surface area contributed by atoms with Crippen LogP contribution < -0.4 is 5.32 Å². The molecule has 0 bridgehead atoms. The van der Waals surface area contributed by atoms with Crippen molar-refractivity contribution in [3.05, 3.63) is 5.89 Å². The molecule has 2 N–H and O–H groups in total. The molecular weight excluding hydrogens is 206 g/mol. The first-order chi connectivity index (χ1) is 7.47. The number of nitrogens with one attached hydrogen (secondary N) is 1. The number of hydrogen-bond donors (Lipinski definition) is 2. The van der Waals surface area contributed by atoms with E-state index in [-0.39, 0.29) is 17.6 Å². The SMILES string of the molecule is CC(C)(C)c1nc(NC2CCCC2O)no1. The van der Waals surface area contributed by atoms with Gasteiger partial charge < -0.3 is 14.9 Å². The van der Waals surface area contributed by atoms with Crippen molar-refractivity contribution in [1.82, 2.24) is 10.1 Å². The fourth-order valence-corrected chi connectivity index (χ4v) is 1.86. The summed E-state index contributed by atoms with van der Waals surface area (Å²) < 4.78 is 5.17. The van der Waals surface area contributed by atoms with Crippen LogP contribution in [-0.4, -0.2) is 27.4 Å². The summed E-state index contributed by atoms with van der Waals surface area (Å²) in [6, 6.07) is 0.0606. The van der Waals surface area contributed by atoms with E-state index in [1.807, 2.05) is 20.8 Å². The van der Waals surface area contributed by atoms with Crippen LogP contribution in [0.15, 0.2) is 4.52 Å². The van der Waals surface area contributed by atoms with Gasteiger partial charge in [-0.05, 0) is 24.4 Å². The van der Waals surface area contributed by atoms with Gasteiger partial charge >= 0.3 is 0 Å². The summed E-state index contributed by atoms with van der Waals surface area (Å²) in [7, 11) is 0. The highest BCUT2D eigenvalue weighted by Gasteiger charge is 2.27. The van der Waals surface area contributed by atoms with Crippen molar-refractivity contribution in [2.24, 2.45) is 0 Å². The van der Waals surface area contributed by atoms with E-state index in [1.165, 1.54) is 0 Å². The predicted octanol–water partition coefficient (Wildman–Crippen LogP) is 1.69. The summed E-state index contributed by atoms with van der Waals surface area (Å²) in [4.78, 5) is 4.28. The lowest BCUT2D eigenvalue weighted by Gasteiger charge is -2.14. The second-order valence-electron chi connectivity index (χ2n) is 5.42. The maximum absolute atomic E-state index is 9.67. The van der Waals surface area contributed by atoms with Crippen LogP contribution in [0.25, 0.3) is 0 Å². The average Bonchev–Trinajstić information content (AvgIpc) is 2.76. The summed E-state index contributed by atoms with van der Waals surface area (Å²) in [5.41, 5.74) is -0.138. The quantitative estimate of drug-likeness (QED) is 0.801. The number of anilines is 1. The molecule has 1 saturated carbocycles. The van der Waals surface area contributed by atoms with Gasteiger partial charge in [0.1, 0.15) is 0 Å². The number of rotatable bonds is 2. The van der Waals surface area contributed by atoms with Gasteiger partial charge in [-0.2, -0.15) is 4.98 Å². The molecule has 1 aromatic rings. The maximum atomic E-state index is 9.67. The zero-order valence-corrected chi connectivity index (χ0v) is 10.0. The second-order valence-corrected chi connectivity index (χ2v) is 5.42. The third-order valence-electron chi connectivity index (χ3n) is 2.86. The van der Waals surface area contributed by atoms with Gasteiger partial charge in [-0.15, -0.1) is 0 Å². The molecule has 90 valence electrons. The highest BCUT2D eigenvalue weighted by atomic mass is 16.5. The second kappa shape index (κ2) is 4.05. The Morgan fingerprint density at radius 1 is 1.38 bits per heavy atom. The highest BCUT2D eigenvalue weighted by Crippen LogP contribution is 2.24. The molecule has 2 unspecified atom stereocenters. The van der Waals surface area contributed by atoms with Crippen LogP contribution in [0.3, 0.4) is 0 Å². The molecule has 2 atom stereocenters. The van der Waals surface area contributed by atoms with Gasteiger partial charge in [-0.3, -0.25) is 0 Å². The van der Waals surface area contributed by atoms with E-state index >= 15 is 0 Å². The summed E-state index contributed by atoms with van der Waals surface area (Å²) in [6.07, 6.45) is 2.56. The monoisotopic (exact) mass is 225 g/mol. The average molecular weight is 225 g/mol. The Labute approximate surface area is 95.2 Å². The van der Waals surface area contributed by atoms with Crippen molar-refractivity contribution in [3.8, 4) is 0 Å². The lowest BCUT2D eigenvalue weighted by Crippen LogP contribution is -2.28. The molecule has 0 amide bonds. The third-order valence-corrected chi connectivity index (χ3v) is 2.86. The van der Waals surface area contributed by atoms with Crippen LogP contribution in [0.4, 0.5) is 5.95 Å². The molecule has 1 aromatic heterocycles. The Morgan fingerprint density at radius 3 is 2.62 bits per heavy atom. The Bertz CT molecular complexity index is 356. The van der Waals surface area contributed by atoms with E-state index in [4.69, 9.17) is 4.52 Å². The summed E-state index contributed by atoms with van der Waals surface area (Å²) in [6.45, 7) is 6.07. The molecule has 0 radical (unpaired) electrons. The minimum absolute atomic E-state index is 0.0606. The first-order valence-electron chi connectivity index (χ1n) is 5.75. The zero-order valence-electron chi connectivity index (χ0n) is 10.0. The van der Waals surface area contributed by atoms with Crippen molar-refractivity contribution in [3.63, 3.8) is 0 Å². The molecule has 5 heteroatoms. The minimum atomic E-state index is -0.295. The number of hydrogen-bond acceptors (Lipinski definition) is 5. The fraction of sp³-hybridized carbons (Fsp3) is 0.818. The molecule has 1 heterocycles. The summed E-state index contributed by atoms with van der Waals surface area (Å²) >= 11 is 0. The molecule has 1 fully saturated rings. The van der Waals surface area contributed by atoms with Crippen LogP contribution in [0.1, 0.15) is 45.9 Å². The molecule has 0 spiro atoms. The van der Waals surface area contributed by atoms with Crippen LogP contribution in [0.2, 0.25) is 0 Å². The van der Waals surface area contributed by atoms with Gasteiger partial charge in [0.05, 0.1) is 12.1 Å². The molecule has 0 aliphatic heterocycles. The van der Waals surface area contributed by atoms with Crippen molar-refractivity contribution < 1.29 is 9.63 Å². The van der Waals surface area contributed by atoms with Crippen LogP contribution in [0.5, 0.6) is 0 Å². The zero-order chi connectivity index (χ0) is 11.8. The molecule has 0 aromatic carbocycles. The van der Waals surface area contributed by atoms with Crippen molar-refractivity contribution in [2.45, 2.75) is 57.6 Å². The van der Waals surface area contributed by atoms with Gasteiger partial charge in [0.2, 0.25) is 5.89 Å².